The number of benzene rings is 1. The minimum atomic E-state index is -0.563. The van der Waals surface area contributed by atoms with E-state index in [4.69, 9.17) is 16.3 Å². The zero-order valence-corrected chi connectivity index (χ0v) is 14.8. The molecule has 0 spiro atoms. The molecule has 6 heteroatoms. The van der Waals surface area contributed by atoms with Gasteiger partial charge in [0.25, 0.3) is 0 Å². The second kappa shape index (κ2) is 8.52. The normalized spacial score (nSPS) is 21.9. The fraction of sp³-hybridized carbons (Fsp3) is 0.412. The van der Waals surface area contributed by atoms with Crippen molar-refractivity contribution in [2.75, 3.05) is 26.5 Å². The maximum Gasteiger partial charge on any atom is 0.327 e. The Bertz CT molecular complexity index is 605. The van der Waals surface area contributed by atoms with E-state index in [0.717, 1.165) is 30.4 Å². The number of hydrogen-bond donors (Lipinski definition) is 0. The van der Waals surface area contributed by atoms with Crippen LogP contribution < -0.4 is 0 Å². The minimum Gasteiger partial charge on any atom is -0.468 e. The fourth-order valence-corrected chi connectivity index (χ4v) is 3.94. The second-order valence-electron chi connectivity index (χ2n) is 5.31. The van der Waals surface area contributed by atoms with Crippen molar-refractivity contribution in [2.45, 2.75) is 17.7 Å². The van der Waals surface area contributed by atoms with E-state index in [0.29, 0.717) is 16.8 Å². The summed E-state index contributed by atoms with van der Waals surface area (Å²) in [5.74, 6) is -0.342. The zero-order chi connectivity index (χ0) is 16.8. The molecule has 0 saturated carbocycles. The van der Waals surface area contributed by atoms with Gasteiger partial charge in [0.1, 0.15) is 12.3 Å². The maximum absolute atomic E-state index is 12.4. The number of thioether (sulfide) groups is 1. The molecule has 0 N–H and O–H groups in total. The van der Waals surface area contributed by atoms with Crippen LogP contribution in [0, 0.1) is 0 Å². The number of carbonyl (C=O) groups is 2. The van der Waals surface area contributed by atoms with Gasteiger partial charge in [-0.2, -0.15) is 11.8 Å². The molecule has 1 aromatic rings. The Labute approximate surface area is 145 Å². The summed E-state index contributed by atoms with van der Waals surface area (Å²) in [4.78, 5) is 25.3. The number of esters is 1. The van der Waals surface area contributed by atoms with Crippen molar-refractivity contribution in [1.82, 2.24) is 4.90 Å². The number of hydrogen-bond acceptors (Lipinski definition) is 5. The summed E-state index contributed by atoms with van der Waals surface area (Å²) in [6.07, 6.45) is 5.32. The Hall–Kier alpha value is -1.30. The highest BCUT2D eigenvalue weighted by Crippen LogP contribution is 2.34. The summed E-state index contributed by atoms with van der Waals surface area (Å²) in [7, 11) is 1.38. The molecule has 0 radical (unpaired) electrons. The molecular formula is C17H20ClNO3S. The first kappa shape index (κ1) is 18.0. The van der Waals surface area contributed by atoms with Gasteiger partial charge in [-0.3, -0.25) is 9.69 Å². The van der Waals surface area contributed by atoms with Gasteiger partial charge in [-0.25, -0.2) is 4.79 Å². The van der Waals surface area contributed by atoms with E-state index in [-0.39, 0.29) is 5.97 Å². The smallest absolute Gasteiger partial charge is 0.327 e. The lowest BCUT2D eigenvalue weighted by atomic mass is 9.98. The molecule has 1 saturated heterocycles. The van der Waals surface area contributed by atoms with Gasteiger partial charge in [0, 0.05) is 23.4 Å². The molecule has 124 valence electrons. The topological polar surface area (TPSA) is 46.6 Å². The third-order valence-electron chi connectivity index (χ3n) is 4.03. The average Bonchev–Trinajstić information content (AvgIpc) is 2.57. The van der Waals surface area contributed by atoms with Crippen molar-refractivity contribution >= 4 is 35.6 Å². The van der Waals surface area contributed by atoms with Crippen LogP contribution in [0.2, 0.25) is 5.02 Å². The minimum absolute atomic E-state index is 0.306. The van der Waals surface area contributed by atoms with Crippen LogP contribution in [0.25, 0.3) is 0 Å². The average molecular weight is 354 g/mol. The third-order valence-corrected chi connectivity index (χ3v) is 5.49. The van der Waals surface area contributed by atoms with Crippen LogP contribution in [0.15, 0.2) is 35.9 Å². The van der Waals surface area contributed by atoms with Crippen LogP contribution in [0.5, 0.6) is 0 Å². The van der Waals surface area contributed by atoms with Crippen molar-refractivity contribution in [1.29, 1.82) is 0 Å². The van der Waals surface area contributed by atoms with Gasteiger partial charge in [-0.15, -0.1) is 0 Å². The fourth-order valence-electron chi connectivity index (χ4n) is 2.90. The van der Waals surface area contributed by atoms with Gasteiger partial charge >= 0.3 is 5.97 Å². The maximum atomic E-state index is 12.4. The van der Waals surface area contributed by atoms with E-state index < -0.39 is 6.04 Å². The van der Waals surface area contributed by atoms with E-state index in [1.165, 1.54) is 7.11 Å². The number of methoxy groups -OCH3 is 1. The highest BCUT2D eigenvalue weighted by atomic mass is 35.5. The Balaban J connectivity index is 2.34. The highest BCUT2D eigenvalue weighted by molar-refractivity contribution is 7.99. The number of ether oxygens (including phenoxy) is 1. The van der Waals surface area contributed by atoms with Crippen LogP contribution in [-0.4, -0.2) is 48.9 Å². The molecule has 2 rings (SSSR count). The van der Waals surface area contributed by atoms with Crippen LogP contribution in [0.3, 0.4) is 0 Å². The predicted octanol–water partition coefficient (Wildman–Crippen LogP) is 3.12. The zero-order valence-electron chi connectivity index (χ0n) is 13.2. The van der Waals surface area contributed by atoms with Crippen LogP contribution in [-0.2, 0) is 14.3 Å². The van der Waals surface area contributed by atoms with Crippen LogP contribution in [0.1, 0.15) is 18.0 Å². The lowest BCUT2D eigenvalue weighted by Crippen LogP contribution is -2.42. The first-order valence-corrected chi connectivity index (χ1v) is 9.02. The van der Waals surface area contributed by atoms with Crippen molar-refractivity contribution in [3.63, 3.8) is 0 Å². The molecule has 1 fully saturated rings. The molecule has 0 aliphatic carbocycles. The van der Waals surface area contributed by atoms with E-state index in [9.17, 15) is 9.59 Å². The molecule has 1 aliphatic heterocycles. The summed E-state index contributed by atoms with van der Waals surface area (Å²) in [6.45, 7) is 1.29. The van der Waals surface area contributed by atoms with Gasteiger partial charge in [0.15, 0.2) is 0 Å². The third kappa shape index (κ3) is 4.16. The molecule has 0 aromatic heterocycles. The number of aldehydes is 1. The molecule has 1 aliphatic rings. The van der Waals surface area contributed by atoms with Gasteiger partial charge in [-0.05, 0) is 36.0 Å². The van der Waals surface area contributed by atoms with Crippen molar-refractivity contribution in [3.8, 4) is 0 Å². The van der Waals surface area contributed by atoms with E-state index in [2.05, 4.69) is 0 Å². The molecule has 0 amide bonds. The molecule has 1 heterocycles. The van der Waals surface area contributed by atoms with Crippen molar-refractivity contribution in [2.24, 2.45) is 0 Å². The first-order chi connectivity index (χ1) is 11.1. The summed E-state index contributed by atoms with van der Waals surface area (Å²) >= 11 is 8.01. The molecule has 2 unspecified atom stereocenters. The quantitative estimate of drug-likeness (QED) is 0.462. The predicted molar refractivity (Wildman–Crippen MR) is 93.8 cm³/mol. The standard InChI is InChI=1S/C17H20ClNO3S/c1-22-17(21)16(13-5-3-4-6-14(13)18)19-9-7-15(23-2)12(11-19)8-10-20/h3-6,8,10,15-16H,7,9,11H2,1-2H3/b12-8-. The van der Waals surface area contributed by atoms with E-state index in [1.54, 1.807) is 23.9 Å². The lowest BCUT2D eigenvalue weighted by Gasteiger charge is -2.37. The number of halogens is 1. The molecule has 2 atom stereocenters. The van der Waals surface area contributed by atoms with Crippen LogP contribution in [0.4, 0.5) is 0 Å². The van der Waals surface area contributed by atoms with Gasteiger partial charge < -0.3 is 4.74 Å². The van der Waals surface area contributed by atoms with Gasteiger partial charge in [0.05, 0.1) is 7.11 Å². The first-order valence-electron chi connectivity index (χ1n) is 7.35. The van der Waals surface area contributed by atoms with E-state index in [1.807, 2.05) is 29.4 Å². The largest absolute Gasteiger partial charge is 0.468 e. The van der Waals surface area contributed by atoms with Gasteiger partial charge in [-0.1, -0.05) is 29.8 Å². The van der Waals surface area contributed by atoms with Crippen molar-refractivity contribution < 1.29 is 14.3 Å². The van der Waals surface area contributed by atoms with Gasteiger partial charge in [0.2, 0.25) is 0 Å². The number of allylic oxidation sites excluding steroid dienone is 1. The Kier molecular flexibility index (Phi) is 6.69. The molecule has 1 aromatic carbocycles. The van der Waals surface area contributed by atoms with E-state index >= 15 is 0 Å². The lowest BCUT2D eigenvalue weighted by molar-refractivity contribution is -0.147. The summed E-state index contributed by atoms with van der Waals surface area (Å²) in [6, 6.07) is 6.73. The number of carbonyl (C=O) groups excluding carboxylic acids is 2. The number of likely N-dealkylation sites (tertiary alicyclic amines) is 1. The van der Waals surface area contributed by atoms with Crippen LogP contribution >= 0.6 is 23.4 Å². The summed E-state index contributed by atoms with van der Waals surface area (Å²) in [5, 5.41) is 0.844. The number of nitrogens with zero attached hydrogens (tertiary/aromatic N) is 1. The second-order valence-corrected chi connectivity index (χ2v) is 6.76. The SMILES string of the molecule is COC(=O)C(c1ccccc1Cl)N1CCC(SC)/C(=C\C=O)C1. The molecular weight excluding hydrogens is 334 g/mol. The highest BCUT2D eigenvalue weighted by Gasteiger charge is 2.34. The Morgan fingerprint density at radius 2 is 2.22 bits per heavy atom. The molecule has 0 bridgehead atoms. The number of piperidine rings is 1. The Morgan fingerprint density at radius 1 is 1.48 bits per heavy atom. The monoisotopic (exact) mass is 353 g/mol. The summed E-state index contributed by atoms with van der Waals surface area (Å²) in [5.41, 5.74) is 1.76. The molecule has 4 nitrogen and oxygen atoms in total. The summed E-state index contributed by atoms with van der Waals surface area (Å²) < 4.78 is 4.99. The number of rotatable bonds is 5. The Morgan fingerprint density at radius 3 is 2.83 bits per heavy atom. The van der Waals surface area contributed by atoms with Crippen molar-refractivity contribution in [3.05, 3.63) is 46.5 Å². The molecule has 23 heavy (non-hydrogen) atoms.